The molecule has 29 heavy (non-hydrogen) atoms. The van der Waals surface area contributed by atoms with Gasteiger partial charge in [0.05, 0.1) is 6.54 Å². The van der Waals surface area contributed by atoms with Crippen molar-refractivity contribution in [3.63, 3.8) is 0 Å². The number of benzene rings is 2. The van der Waals surface area contributed by atoms with Crippen LogP contribution in [0.2, 0.25) is 0 Å². The molecule has 1 fully saturated rings. The number of carbonyl (C=O) groups is 2. The summed E-state index contributed by atoms with van der Waals surface area (Å²) in [6.07, 6.45) is 0. The molecule has 0 radical (unpaired) electrons. The third-order valence-electron chi connectivity index (χ3n) is 5.25. The lowest BCUT2D eigenvalue weighted by Crippen LogP contribution is -2.52. The maximum absolute atomic E-state index is 13.1. The second-order valence-corrected chi connectivity index (χ2v) is 7.68. The van der Waals surface area contributed by atoms with Crippen molar-refractivity contribution in [1.29, 1.82) is 0 Å². The first-order chi connectivity index (χ1) is 13.9. The molecule has 0 bridgehead atoms. The summed E-state index contributed by atoms with van der Waals surface area (Å²) in [7, 11) is 0. The third kappa shape index (κ3) is 5.64. The zero-order valence-electron chi connectivity index (χ0n) is 17.1. The second-order valence-electron chi connectivity index (χ2n) is 7.68. The lowest BCUT2D eigenvalue weighted by Gasteiger charge is -2.36. The molecule has 0 unspecified atom stereocenters. The van der Waals surface area contributed by atoms with Gasteiger partial charge in [0.25, 0.3) is 5.91 Å². The molecule has 1 saturated heterocycles. The lowest BCUT2D eigenvalue weighted by atomic mass is 10.1. The average Bonchev–Trinajstić information content (AvgIpc) is 2.73. The highest BCUT2D eigenvalue weighted by Crippen LogP contribution is 2.12. The number of amides is 2. The molecule has 1 aliphatic rings. The first kappa shape index (κ1) is 21.0. The van der Waals surface area contributed by atoms with Crippen LogP contribution in [0.25, 0.3) is 0 Å². The van der Waals surface area contributed by atoms with Crippen LogP contribution in [0.4, 0.5) is 4.39 Å². The quantitative estimate of drug-likeness (QED) is 0.753. The summed E-state index contributed by atoms with van der Waals surface area (Å²) in [6.45, 7) is 7.42. The zero-order chi connectivity index (χ0) is 20.8. The molecule has 0 spiro atoms. The van der Waals surface area contributed by atoms with Crippen molar-refractivity contribution in [2.24, 2.45) is 0 Å². The van der Waals surface area contributed by atoms with E-state index in [-0.39, 0.29) is 23.7 Å². The Hall–Kier alpha value is -2.73. The van der Waals surface area contributed by atoms with Crippen molar-refractivity contribution in [3.05, 3.63) is 71.5 Å². The van der Waals surface area contributed by atoms with Crippen LogP contribution in [-0.2, 0) is 11.3 Å². The fraction of sp³-hybridized carbons (Fsp3) is 0.391. The van der Waals surface area contributed by atoms with Crippen molar-refractivity contribution in [3.8, 4) is 0 Å². The highest BCUT2D eigenvalue weighted by molar-refractivity contribution is 5.94. The number of rotatable bonds is 6. The molecule has 0 N–H and O–H groups in total. The molecule has 2 aromatic carbocycles. The fourth-order valence-electron chi connectivity index (χ4n) is 3.51. The van der Waals surface area contributed by atoms with E-state index in [0.29, 0.717) is 44.8 Å². The maximum Gasteiger partial charge on any atom is 0.253 e. The van der Waals surface area contributed by atoms with Gasteiger partial charge in [0.1, 0.15) is 5.82 Å². The molecular weight excluding hydrogens is 369 g/mol. The van der Waals surface area contributed by atoms with E-state index < -0.39 is 0 Å². The highest BCUT2D eigenvalue weighted by Gasteiger charge is 2.25. The molecule has 2 amide bonds. The number of halogens is 1. The van der Waals surface area contributed by atoms with Gasteiger partial charge in [-0.3, -0.25) is 14.5 Å². The van der Waals surface area contributed by atoms with Crippen LogP contribution in [0.3, 0.4) is 0 Å². The van der Waals surface area contributed by atoms with E-state index in [2.05, 4.69) is 4.90 Å². The van der Waals surface area contributed by atoms with Crippen molar-refractivity contribution < 1.29 is 14.0 Å². The summed E-state index contributed by atoms with van der Waals surface area (Å²) in [5.41, 5.74) is 1.61. The molecule has 1 aliphatic heterocycles. The summed E-state index contributed by atoms with van der Waals surface area (Å²) in [6, 6.07) is 15.7. The van der Waals surface area contributed by atoms with Crippen molar-refractivity contribution in [2.45, 2.75) is 26.4 Å². The molecule has 1 heterocycles. The summed E-state index contributed by atoms with van der Waals surface area (Å²) < 4.78 is 13.1. The Morgan fingerprint density at radius 3 is 2.17 bits per heavy atom. The third-order valence-corrected chi connectivity index (χ3v) is 5.25. The Labute approximate surface area is 171 Å². The van der Waals surface area contributed by atoms with Crippen molar-refractivity contribution in [1.82, 2.24) is 14.7 Å². The van der Waals surface area contributed by atoms with Crippen LogP contribution in [0.5, 0.6) is 0 Å². The zero-order valence-corrected chi connectivity index (χ0v) is 17.1. The van der Waals surface area contributed by atoms with Gasteiger partial charge in [-0.05, 0) is 43.7 Å². The van der Waals surface area contributed by atoms with Crippen LogP contribution in [0, 0.1) is 5.82 Å². The van der Waals surface area contributed by atoms with Crippen LogP contribution in [-0.4, -0.2) is 65.3 Å². The summed E-state index contributed by atoms with van der Waals surface area (Å²) in [5, 5.41) is 0. The van der Waals surface area contributed by atoms with Crippen LogP contribution >= 0.6 is 0 Å². The number of hydrogen-bond acceptors (Lipinski definition) is 3. The largest absolute Gasteiger partial charge is 0.336 e. The van der Waals surface area contributed by atoms with Gasteiger partial charge in [0.2, 0.25) is 5.91 Å². The molecule has 0 aliphatic carbocycles. The van der Waals surface area contributed by atoms with Gasteiger partial charge < -0.3 is 9.80 Å². The van der Waals surface area contributed by atoms with Gasteiger partial charge >= 0.3 is 0 Å². The molecule has 2 aromatic rings. The van der Waals surface area contributed by atoms with E-state index in [1.807, 2.05) is 49.1 Å². The normalized spacial score (nSPS) is 14.8. The van der Waals surface area contributed by atoms with Gasteiger partial charge in [-0.25, -0.2) is 4.39 Å². The van der Waals surface area contributed by atoms with Crippen molar-refractivity contribution in [2.75, 3.05) is 32.7 Å². The second kappa shape index (κ2) is 9.65. The average molecular weight is 397 g/mol. The molecular formula is C23H28FN3O2. The monoisotopic (exact) mass is 397 g/mol. The van der Waals surface area contributed by atoms with Gasteiger partial charge in [0, 0.05) is 44.3 Å². The van der Waals surface area contributed by atoms with Crippen molar-refractivity contribution >= 4 is 11.8 Å². The molecule has 0 saturated carbocycles. The first-order valence-corrected chi connectivity index (χ1v) is 10.0. The van der Waals surface area contributed by atoms with Crippen LogP contribution < -0.4 is 0 Å². The fourth-order valence-corrected chi connectivity index (χ4v) is 3.51. The summed E-state index contributed by atoms with van der Waals surface area (Å²) in [5.74, 6) is -0.346. The van der Waals surface area contributed by atoms with Gasteiger partial charge in [0.15, 0.2) is 0 Å². The number of nitrogens with zero attached hydrogens (tertiary/aromatic N) is 3. The molecule has 0 aromatic heterocycles. The Balaban J connectivity index is 1.53. The number of carbonyl (C=O) groups excluding carboxylic acids is 2. The minimum absolute atomic E-state index is 0.0936. The van der Waals surface area contributed by atoms with E-state index in [1.165, 1.54) is 24.3 Å². The minimum Gasteiger partial charge on any atom is -0.336 e. The van der Waals surface area contributed by atoms with E-state index in [9.17, 15) is 14.0 Å². The number of hydrogen-bond donors (Lipinski definition) is 0. The maximum atomic E-state index is 13.1. The van der Waals surface area contributed by atoms with Crippen LogP contribution in [0.15, 0.2) is 54.6 Å². The van der Waals surface area contributed by atoms with Gasteiger partial charge in [-0.1, -0.05) is 30.3 Å². The Morgan fingerprint density at radius 1 is 0.966 bits per heavy atom. The Bertz CT molecular complexity index is 816. The first-order valence-electron chi connectivity index (χ1n) is 10.0. The topological polar surface area (TPSA) is 43.9 Å². The Kier molecular flexibility index (Phi) is 6.99. The smallest absolute Gasteiger partial charge is 0.253 e. The van der Waals surface area contributed by atoms with Gasteiger partial charge in [-0.15, -0.1) is 0 Å². The predicted octanol–water partition coefficient (Wildman–Crippen LogP) is 3.02. The van der Waals surface area contributed by atoms with Crippen LogP contribution in [0.1, 0.15) is 29.8 Å². The highest BCUT2D eigenvalue weighted by atomic mass is 19.1. The standard InChI is InChI=1S/C23H28FN3O2/c1-18(2)27(16-19-6-4-3-5-7-19)22(28)17-25-12-14-26(15-13-25)23(29)20-8-10-21(24)11-9-20/h3-11,18H,12-17H2,1-2H3. The molecule has 3 rings (SSSR count). The SMILES string of the molecule is CC(C)N(Cc1ccccc1)C(=O)CN1CCN(C(=O)c2ccc(F)cc2)CC1. The lowest BCUT2D eigenvalue weighted by molar-refractivity contribution is -0.135. The summed E-state index contributed by atoms with van der Waals surface area (Å²) in [4.78, 5) is 31.2. The molecule has 0 atom stereocenters. The molecule has 5 nitrogen and oxygen atoms in total. The minimum atomic E-state index is -0.352. The van der Waals surface area contributed by atoms with E-state index >= 15 is 0 Å². The predicted molar refractivity (Wildman–Crippen MR) is 111 cm³/mol. The van der Waals surface area contributed by atoms with E-state index in [0.717, 1.165) is 5.56 Å². The van der Waals surface area contributed by atoms with E-state index in [1.54, 1.807) is 4.90 Å². The number of piperazine rings is 1. The van der Waals surface area contributed by atoms with Gasteiger partial charge in [-0.2, -0.15) is 0 Å². The summed E-state index contributed by atoms with van der Waals surface area (Å²) >= 11 is 0. The Morgan fingerprint density at radius 2 is 1.59 bits per heavy atom. The molecule has 6 heteroatoms. The van der Waals surface area contributed by atoms with E-state index in [4.69, 9.17) is 0 Å². The molecule has 154 valence electrons.